The van der Waals surface area contributed by atoms with Crippen molar-refractivity contribution < 1.29 is 9.53 Å². The van der Waals surface area contributed by atoms with Gasteiger partial charge >= 0.3 is 0 Å². The average Bonchev–Trinajstić information content (AvgIpc) is 2.38. The van der Waals surface area contributed by atoms with Gasteiger partial charge in [-0.15, -0.1) is 0 Å². The van der Waals surface area contributed by atoms with Gasteiger partial charge in [0, 0.05) is 24.0 Å². The number of ether oxygens (including phenoxy) is 1. The van der Waals surface area contributed by atoms with Gasteiger partial charge in [-0.2, -0.15) is 0 Å². The fourth-order valence-electron chi connectivity index (χ4n) is 1.54. The molecule has 0 bridgehead atoms. The van der Waals surface area contributed by atoms with Crippen molar-refractivity contribution in [3.05, 3.63) is 28.8 Å². The van der Waals surface area contributed by atoms with E-state index in [2.05, 4.69) is 5.32 Å². The van der Waals surface area contributed by atoms with E-state index >= 15 is 0 Å². The third-order valence-corrected chi connectivity index (χ3v) is 3.13. The van der Waals surface area contributed by atoms with Crippen LogP contribution in [0, 0.1) is 6.92 Å². The van der Waals surface area contributed by atoms with Gasteiger partial charge in [0.05, 0.1) is 6.61 Å². The molecule has 0 fully saturated rings. The Morgan fingerprint density at radius 1 is 1.53 bits per heavy atom. The second kappa shape index (κ2) is 8.02. The van der Waals surface area contributed by atoms with Gasteiger partial charge in [0.15, 0.2) is 0 Å². The van der Waals surface area contributed by atoms with Crippen molar-refractivity contribution in [2.75, 3.05) is 13.2 Å². The quantitative estimate of drug-likeness (QED) is 0.755. The maximum Gasteiger partial charge on any atom is 0.220 e. The predicted octanol–water partition coefficient (Wildman–Crippen LogP) is 2.27. The lowest BCUT2D eigenvalue weighted by Gasteiger charge is -2.11. The van der Waals surface area contributed by atoms with E-state index in [0.717, 1.165) is 16.3 Å². The largest absolute Gasteiger partial charge is 0.494 e. The first-order valence-electron chi connectivity index (χ1n) is 6.41. The fraction of sp³-hybridized carbons (Fsp3) is 0.500. The van der Waals surface area contributed by atoms with Crippen LogP contribution < -0.4 is 15.8 Å². The SMILES string of the molecule is Cc1cc(OCCCC(=O)N[C@@H](C)CN)ccc1Cl. The minimum absolute atomic E-state index is 0.00818. The number of amides is 1. The topological polar surface area (TPSA) is 64.3 Å². The summed E-state index contributed by atoms with van der Waals surface area (Å²) in [5, 5.41) is 3.53. The van der Waals surface area contributed by atoms with Crippen molar-refractivity contribution in [1.82, 2.24) is 5.32 Å². The molecule has 0 saturated heterocycles. The van der Waals surface area contributed by atoms with Gasteiger partial charge < -0.3 is 15.8 Å². The molecule has 0 unspecified atom stereocenters. The van der Waals surface area contributed by atoms with E-state index in [9.17, 15) is 4.79 Å². The summed E-state index contributed by atoms with van der Waals surface area (Å²) in [5.74, 6) is 0.784. The van der Waals surface area contributed by atoms with Crippen LogP contribution >= 0.6 is 11.6 Å². The Balaban J connectivity index is 2.23. The maximum absolute atomic E-state index is 11.5. The summed E-state index contributed by atoms with van der Waals surface area (Å²) in [7, 11) is 0. The molecule has 0 spiro atoms. The minimum Gasteiger partial charge on any atom is -0.494 e. The molecular formula is C14H21ClN2O2. The number of aryl methyl sites for hydroxylation is 1. The summed E-state index contributed by atoms with van der Waals surface area (Å²) in [6.07, 6.45) is 1.11. The highest BCUT2D eigenvalue weighted by molar-refractivity contribution is 6.31. The highest BCUT2D eigenvalue weighted by atomic mass is 35.5. The molecule has 0 aliphatic heterocycles. The van der Waals surface area contributed by atoms with Gasteiger partial charge in [0.25, 0.3) is 0 Å². The molecule has 0 heterocycles. The Hall–Kier alpha value is -1.26. The van der Waals surface area contributed by atoms with Crippen molar-refractivity contribution in [2.45, 2.75) is 32.7 Å². The summed E-state index contributed by atoms with van der Waals surface area (Å²) >= 11 is 5.93. The number of halogens is 1. The lowest BCUT2D eigenvalue weighted by atomic mass is 10.2. The van der Waals surface area contributed by atoms with Gasteiger partial charge in [0.1, 0.15) is 5.75 Å². The van der Waals surface area contributed by atoms with Crippen molar-refractivity contribution in [1.29, 1.82) is 0 Å². The van der Waals surface area contributed by atoms with Gasteiger partial charge in [-0.3, -0.25) is 4.79 Å². The Morgan fingerprint density at radius 3 is 2.89 bits per heavy atom. The molecule has 3 N–H and O–H groups in total. The van der Waals surface area contributed by atoms with Crippen LogP contribution in [-0.2, 0) is 4.79 Å². The Labute approximate surface area is 119 Å². The highest BCUT2D eigenvalue weighted by Crippen LogP contribution is 2.21. The molecule has 0 aliphatic carbocycles. The standard InChI is InChI=1S/C14H21ClN2O2/c1-10-8-12(5-6-13(10)15)19-7-3-4-14(18)17-11(2)9-16/h5-6,8,11H,3-4,7,9,16H2,1-2H3,(H,17,18)/t11-/m0/s1. The fourth-order valence-corrected chi connectivity index (χ4v) is 1.65. The lowest BCUT2D eigenvalue weighted by molar-refractivity contribution is -0.121. The van der Waals surface area contributed by atoms with Crippen molar-refractivity contribution in [3.63, 3.8) is 0 Å². The molecule has 1 amide bonds. The maximum atomic E-state index is 11.5. The molecule has 4 nitrogen and oxygen atoms in total. The molecule has 106 valence electrons. The van der Waals surface area contributed by atoms with Crippen LogP contribution in [0.2, 0.25) is 5.02 Å². The molecule has 1 atom stereocenters. The number of carbonyl (C=O) groups is 1. The molecule has 1 rings (SSSR count). The summed E-state index contributed by atoms with van der Waals surface area (Å²) in [5.41, 5.74) is 6.41. The summed E-state index contributed by atoms with van der Waals surface area (Å²) in [4.78, 5) is 11.5. The van der Waals surface area contributed by atoms with E-state index in [-0.39, 0.29) is 11.9 Å². The highest BCUT2D eigenvalue weighted by Gasteiger charge is 2.05. The van der Waals surface area contributed by atoms with E-state index in [1.54, 1.807) is 0 Å². The van der Waals surface area contributed by atoms with Crippen LogP contribution in [0.25, 0.3) is 0 Å². The van der Waals surface area contributed by atoms with E-state index in [1.165, 1.54) is 0 Å². The molecule has 0 saturated carbocycles. The van der Waals surface area contributed by atoms with Gasteiger partial charge in [0.2, 0.25) is 5.91 Å². The normalized spacial score (nSPS) is 12.0. The number of benzene rings is 1. The zero-order valence-corrected chi connectivity index (χ0v) is 12.2. The van der Waals surface area contributed by atoms with Gasteiger partial charge in [-0.1, -0.05) is 11.6 Å². The first kappa shape index (κ1) is 15.8. The molecule has 0 radical (unpaired) electrons. The number of carbonyl (C=O) groups excluding carboxylic acids is 1. The number of nitrogens with two attached hydrogens (primary N) is 1. The first-order valence-corrected chi connectivity index (χ1v) is 6.79. The van der Waals surface area contributed by atoms with E-state index in [4.69, 9.17) is 22.1 Å². The predicted molar refractivity (Wildman–Crippen MR) is 77.6 cm³/mol. The monoisotopic (exact) mass is 284 g/mol. The number of rotatable bonds is 7. The Morgan fingerprint density at radius 2 is 2.26 bits per heavy atom. The zero-order chi connectivity index (χ0) is 14.3. The van der Waals surface area contributed by atoms with Crippen LogP contribution in [0.3, 0.4) is 0 Å². The average molecular weight is 285 g/mol. The molecule has 19 heavy (non-hydrogen) atoms. The number of hydrogen-bond donors (Lipinski definition) is 2. The van der Waals surface area contributed by atoms with Crippen molar-refractivity contribution in [2.24, 2.45) is 5.73 Å². The lowest BCUT2D eigenvalue weighted by Crippen LogP contribution is -2.37. The molecular weight excluding hydrogens is 264 g/mol. The van der Waals surface area contributed by atoms with Crippen LogP contribution in [0.5, 0.6) is 5.75 Å². The van der Waals surface area contributed by atoms with E-state index < -0.39 is 0 Å². The third kappa shape index (κ3) is 5.94. The van der Waals surface area contributed by atoms with E-state index in [0.29, 0.717) is 26.0 Å². The van der Waals surface area contributed by atoms with Crippen LogP contribution in [0.1, 0.15) is 25.3 Å². The van der Waals surface area contributed by atoms with Crippen molar-refractivity contribution >= 4 is 17.5 Å². The Bertz CT molecular complexity index is 424. The minimum atomic E-state index is 0.00818. The summed E-state index contributed by atoms with van der Waals surface area (Å²) in [6.45, 7) is 4.76. The van der Waals surface area contributed by atoms with Crippen LogP contribution in [0.15, 0.2) is 18.2 Å². The molecule has 1 aromatic carbocycles. The summed E-state index contributed by atoms with van der Waals surface area (Å²) in [6, 6.07) is 5.54. The van der Waals surface area contributed by atoms with Crippen LogP contribution in [0.4, 0.5) is 0 Å². The molecule has 5 heteroatoms. The zero-order valence-electron chi connectivity index (χ0n) is 11.4. The second-order valence-corrected chi connectivity index (χ2v) is 4.97. The molecule has 0 aliphatic rings. The van der Waals surface area contributed by atoms with Crippen molar-refractivity contribution in [3.8, 4) is 5.75 Å². The van der Waals surface area contributed by atoms with Crippen LogP contribution in [-0.4, -0.2) is 25.1 Å². The van der Waals surface area contributed by atoms with E-state index in [1.807, 2.05) is 32.0 Å². The molecule has 1 aromatic rings. The van der Waals surface area contributed by atoms with Gasteiger partial charge in [-0.05, 0) is 44.0 Å². The van der Waals surface area contributed by atoms with Gasteiger partial charge in [-0.25, -0.2) is 0 Å². The first-order chi connectivity index (χ1) is 9.02. The second-order valence-electron chi connectivity index (χ2n) is 4.57. The number of hydrogen-bond acceptors (Lipinski definition) is 3. The molecule has 0 aromatic heterocycles. The third-order valence-electron chi connectivity index (χ3n) is 2.71. The Kier molecular flexibility index (Phi) is 6.67. The summed E-state index contributed by atoms with van der Waals surface area (Å²) < 4.78 is 5.56. The smallest absolute Gasteiger partial charge is 0.220 e. The number of nitrogens with one attached hydrogen (secondary N) is 1.